The van der Waals surface area contributed by atoms with Gasteiger partial charge in [-0.05, 0) is 18.6 Å². The second-order valence-electron chi connectivity index (χ2n) is 3.85. The van der Waals surface area contributed by atoms with Gasteiger partial charge < -0.3 is 10.1 Å². The predicted molar refractivity (Wildman–Crippen MR) is 75.6 cm³/mol. The standard InChI is InChI=1S/C12H14N2O3S2/c1-2-5-17-11(16)7-18-10-4-3-8-12(14-10)19-6-9(15)13-8/h3-4H,2,5-7H2,1H3,(H,13,15). The molecule has 7 heteroatoms. The molecule has 1 amide bonds. The third-order valence-corrected chi connectivity index (χ3v) is 4.15. The summed E-state index contributed by atoms with van der Waals surface area (Å²) >= 11 is 2.75. The Bertz CT molecular complexity index is 494. The zero-order chi connectivity index (χ0) is 13.7. The maximum Gasteiger partial charge on any atom is 0.316 e. The number of carbonyl (C=O) groups is 2. The number of nitrogens with zero attached hydrogens (tertiary/aromatic N) is 1. The Morgan fingerprint density at radius 3 is 3.21 bits per heavy atom. The minimum absolute atomic E-state index is 0.0113. The number of thioether (sulfide) groups is 2. The topological polar surface area (TPSA) is 68.3 Å². The molecule has 0 atom stereocenters. The number of anilines is 1. The van der Waals surface area contributed by atoms with Gasteiger partial charge in [0, 0.05) is 0 Å². The lowest BCUT2D eigenvalue weighted by Crippen LogP contribution is -2.19. The SMILES string of the molecule is CCCOC(=O)CSc1ccc2c(n1)SCC(=O)N2. The van der Waals surface area contributed by atoms with Crippen LogP contribution in [0, 0.1) is 0 Å². The monoisotopic (exact) mass is 298 g/mol. The van der Waals surface area contributed by atoms with E-state index in [2.05, 4.69) is 10.3 Å². The molecule has 0 bridgehead atoms. The van der Waals surface area contributed by atoms with Crippen LogP contribution in [0.15, 0.2) is 22.2 Å². The molecular formula is C12H14N2O3S2. The number of esters is 1. The first-order valence-corrected chi connectivity index (χ1v) is 7.88. The van der Waals surface area contributed by atoms with Crippen LogP contribution < -0.4 is 5.32 Å². The first kappa shape index (κ1) is 14.2. The number of fused-ring (bicyclic) bond motifs is 1. The van der Waals surface area contributed by atoms with Crippen LogP contribution in [-0.4, -0.2) is 35.0 Å². The molecule has 2 heterocycles. The van der Waals surface area contributed by atoms with Crippen molar-refractivity contribution in [1.29, 1.82) is 0 Å². The smallest absolute Gasteiger partial charge is 0.316 e. The molecule has 0 saturated carbocycles. The van der Waals surface area contributed by atoms with E-state index in [-0.39, 0.29) is 17.6 Å². The molecule has 0 aliphatic carbocycles. The summed E-state index contributed by atoms with van der Waals surface area (Å²) in [4.78, 5) is 27.0. The molecular weight excluding hydrogens is 284 g/mol. The van der Waals surface area contributed by atoms with Gasteiger partial charge in [-0.2, -0.15) is 0 Å². The normalized spacial score (nSPS) is 13.6. The van der Waals surface area contributed by atoms with Crippen LogP contribution in [-0.2, 0) is 14.3 Å². The minimum atomic E-state index is -0.229. The van der Waals surface area contributed by atoms with Crippen LogP contribution in [0.1, 0.15) is 13.3 Å². The largest absolute Gasteiger partial charge is 0.465 e. The van der Waals surface area contributed by atoms with E-state index in [1.807, 2.05) is 13.0 Å². The van der Waals surface area contributed by atoms with E-state index >= 15 is 0 Å². The maximum absolute atomic E-state index is 11.4. The summed E-state index contributed by atoms with van der Waals surface area (Å²) in [5, 5.41) is 4.31. The zero-order valence-electron chi connectivity index (χ0n) is 10.5. The average molecular weight is 298 g/mol. The Balaban J connectivity index is 1.91. The summed E-state index contributed by atoms with van der Waals surface area (Å²) in [6, 6.07) is 3.61. The number of carbonyl (C=O) groups excluding carboxylic acids is 2. The Morgan fingerprint density at radius 2 is 2.42 bits per heavy atom. The lowest BCUT2D eigenvalue weighted by molar-refractivity contribution is -0.140. The van der Waals surface area contributed by atoms with E-state index in [1.165, 1.54) is 23.5 Å². The lowest BCUT2D eigenvalue weighted by atomic mass is 10.4. The lowest BCUT2D eigenvalue weighted by Gasteiger charge is -2.15. The summed E-state index contributed by atoms with van der Waals surface area (Å²) in [5.41, 5.74) is 0.735. The highest BCUT2D eigenvalue weighted by molar-refractivity contribution is 8.00. The number of rotatable bonds is 5. The van der Waals surface area contributed by atoms with Gasteiger partial charge in [0.25, 0.3) is 0 Å². The molecule has 1 N–H and O–H groups in total. The third kappa shape index (κ3) is 4.14. The van der Waals surface area contributed by atoms with Gasteiger partial charge >= 0.3 is 5.97 Å². The number of nitrogens with one attached hydrogen (secondary N) is 1. The quantitative estimate of drug-likeness (QED) is 0.664. The molecule has 0 spiro atoms. The van der Waals surface area contributed by atoms with Gasteiger partial charge in [0.15, 0.2) is 0 Å². The molecule has 2 rings (SSSR count). The van der Waals surface area contributed by atoms with Crippen LogP contribution in [0.5, 0.6) is 0 Å². The highest BCUT2D eigenvalue weighted by Gasteiger charge is 2.17. The van der Waals surface area contributed by atoms with E-state index in [0.29, 0.717) is 12.4 Å². The molecule has 0 saturated heterocycles. The van der Waals surface area contributed by atoms with Crippen molar-refractivity contribution < 1.29 is 14.3 Å². The summed E-state index contributed by atoms with van der Waals surface area (Å²) in [6.45, 7) is 2.41. The zero-order valence-corrected chi connectivity index (χ0v) is 12.1. The highest BCUT2D eigenvalue weighted by atomic mass is 32.2. The van der Waals surface area contributed by atoms with E-state index in [4.69, 9.17) is 4.74 Å². The van der Waals surface area contributed by atoms with Gasteiger partial charge in [0.1, 0.15) is 5.03 Å². The van der Waals surface area contributed by atoms with E-state index in [1.54, 1.807) is 6.07 Å². The number of pyridine rings is 1. The predicted octanol–water partition coefficient (Wildman–Crippen LogP) is 2.17. The Morgan fingerprint density at radius 1 is 1.58 bits per heavy atom. The van der Waals surface area contributed by atoms with Crippen LogP contribution >= 0.6 is 23.5 Å². The summed E-state index contributed by atoms with van der Waals surface area (Å²) in [7, 11) is 0. The van der Waals surface area contributed by atoms with E-state index < -0.39 is 0 Å². The van der Waals surface area contributed by atoms with Crippen LogP contribution in [0.25, 0.3) is 0 Å². The molecule has 0 unspecified atom stereocenters. The van der Waals surface area contributed by atoms with Crippen molar-refractivity contribution in [2.75, 3.05) is 23.4 Å². The summed E-state index contributed by atoms with van der Waals surface area (Å²) < 4.78 is 4.99. The van der Waals surface area contributed by atoms with Crippen molar-refractivity contribution >= 4 is 41.1 Å². The van der Waals surface area contributed by atoms with Crippen molar-refractivity contribution in [1.82, 2.24) is 4.98 Å². The van der Waals surface area contributed by atoms with Crippen molar-refractivity contribution in [3.63, 3.8) is 0 Å². The van der Waals surface area contributed by atoms with E-state index in [0.717, 1.165) is 22.2 Å². The number of aromatic nitrogens is 1. The Labute approximate surface area is 119 Å². The van der Waals surface area contributed by atoms with Gasteiger partial charge in [-0.15, -0.1) is 0 Å². The van der Waals surface area contributed by atoms with E-state index in [9.17, 15) is 9.59 Å². The minimum Gasteiger partial charge on any atom is -0.465 e. The molecule has 1 aliphatic rings. The fourth-order valence-corrected chi connectivity index (χ4v) is 2.92. The van der Waals surface area contributed by atoms with Gasteiger partial charge in [-0.1, -0.05) is 30.4 Å². The van der Waals surface area contributed by atoms with Crippen LogP contribution in [0.3, 0.4) is 0 Å². The molecule has 0 fully saturated rings. The second-order valence-corrected chi connectivity index (χ2v) is 5.81. The number of ether oxygens (including phenoxy) is 1. The second kappa shape index (κ2) is 6.81. The number of hydrogen-bond donors (Lipinski definition) is 1. The van der Waals surface area contributed by atoms with Gasteiger partial charge in [-0.25, -0.2) is 4.98 Å². The molecule has 19 heavy (non-hydrogen) atoms. The molecule has 102 valence electrons. The van der Waals surface area contributed by atoms with Crippen LogP contribution in [0.2, 0.25) is 0 Å². The van der Waals surface area contributed by atoms with Crippen molar-refractivity contribution in [3.05, 3.63) is 12.1 Å². The molecule has 0 aromatic carbocycles. The Hall–Kier alpha value is -1.21. The van der Waals surface area contributed by atoms with Gasteiger partial charge in [0.2, 0.25) is 5.91 Å². The van der Waals surface area contributed by atoms with Crippen molar-refractivity contribution in [3.8, 4) is 0 Å². The van der Waals surface area contributed by atoms with Gasteiger partial charge in [0.05, 0.1) is 28.8 Å². The van der Waals surface area contributed by atoms with Crippen LogP contribution in [0.4, 0.5) is 5.69 Å². The summed E-state index contributed by atoms with van der Waals surface area (Å²) in [5.74, 6) is 0.394. The summed E-state index contributed by atoms with van der Waals surface area (Å²) in [6.07, 6.45) is 0.823. The first-order chi connectivity index (χ1) is 9.19. The first-order valence-electron chi connectivity index (χ1n) is 5.91. The molecule has 0 radical (unpaired) electrons. The fraction of sp³-hybridized carbons (Fsp3) is 0.417. The highest BCUT2D eigenvalue weighted by Crippen LogP contribution is 2.31. The number of amides is 1. The van der Waals surface area contributed by atoms with Crippen molar-refractivity contribution in [2.45, 2.75) is 23.4 Å². The maximum atomic E-state index is 11.4. The number of hydrogen-bond acceptors (Lipinski definition) is 6. The van der Waals surface area contributed by atoms with Gasteiger partial charge in [-0.3, -0.25) is 9.59 Å². The molecule has 1 aromatic rings. The molecule has 1 aromatic heterocycles. The third-order valence-electron chi connectivity index (χ3n) is 2.25. The fourth-order valence-electron chi connectivity index (χ4n) is 1.42. The average Bonchev–Trinajstić information content (AvgIpc) is 2.42. The molecule has 5 nitrogen and oxygen atoms in total. The Kier molecular flexibility index (Phi) is 5.09. The van der Waals surface area contributed by atoms with Crippen molar-refractivity contribution in [2.24, 2.45) is 0 Å². The molecule has 1 aliphatic heterocycles.